The van der Waals surface area contributed by atoms with Crippen molar-refractivity contribution in [2.24, 2.45) is 4.99 Å². The van der Waals surface area contributed by atoms with Crippen LogP contribution in [0.25, 0.3) is 10.9 Å². The molecule has 0 amide bonds. The number of carboxylic acid groups (broad SMARTS) is 1. The maximum atomic E-state index is 10.6. The largest absolute Gasteiger partial charge is 0.481 e. The summed E-state index contributed by atoms with van der Waals surface area (Å²) >= 11 is 0. The monoisotopic (exact) mass is 256 g/mol. The van der Waals surface area contributed by atoms with Gasteiger partial charge in [0.25, 0.3) is 0 Å². The maximum absolute atomic E-state index is 10.6. The van der Waals surface area contributed by atoms with Crippen molar-refractivity contribution in [1.29, 1.82) is 0 Å². The zero-order valence-electron chi connectivity index (χ0n) is 10.1. The molecule has 5 heteroatoms. The van der Waals surface area contributed by atoms with Crippen LogP contribution >= 0.6 is 0 Å². The molecule has 1 aliphatic heterocycles. The Morgan fingerprint density at radius 2 is 2.26 bits per heavy atom. The molecule has 0 saturated carbocycles. The first-order chi connectivity index (χ1) is 9.24. The van der Waals surface area contributed by atoms with Crippen LogP contribution in [0.5, 0.6) is 0 Å². The van der Waals surface area contributed by atoms with Crippen LogP contribution in [0.15, 0.2) is 41.5 Å². The first-order valence-electron chi connectivity index (χ1n) is 5.99. The van der Waals surface area contributed by atoms with Crippen LogP contribution in [0.1, 0.15) is 18.0 Å². The van der Waals surface area contributed by atoms with Gasteiger partial charge in [0.05, 0.1) is 5.52 Å². The molecule has 5 nitrogen and oxygen atoms in total. The molecular weight excluding hydrogens is 244 g/mol. The number of benzene rings is 1. The minimum Gasteiger partial charge on any atom is -0.481 e. The fraction of sp³-hybridized carbons (Fsp3) is 0.214. The van der Waals surface area contributed by atoms with Crippen molar-refractivity contribution < 1.29 is 14.6 Å². The van der Waals surface area contributed by atoms with E-state index < -0.39 is 5.97 Å². The van der Waals surface area contributed by atoms with E-state index >= 15 is 0 Å². The van der Waals surface area contributed by atoms with E-state index in [0.717, 1.165) is 16.5 Å². The Balaban J connectivity index is 1.97. The molecule has 0 radical (unpaired) electrons. The van der Waals surface area contributed by atoms with Crippen molar-refractivity contribution in [1.82, 2.24) is 4.98 Å². The Hall–Kier alpha value is -2.43. The molecule has 0 bridgehead atoms. The first kappa shape index (κ1) is 11.6. The van der Waals surface area contributed by atoms with Crippen LogP contribution in [0.3, 0.4) is 0 Å². The number of hydrogen-bond acceptors (Lipinski definition) is 4. The Kier molecular flexibility index (Phi) is 2.87. The van der Waals surface area contributed by atoms with Crippen molar-refractivity contribution in [2.45, 2.75) is 12.5 Å². The summed E-state index contributed by atoms with van der Waals surface area (Å²) in [6, 6.07) is 9.56. The van der Waals surface area contributed by atoms with Crippen molar-refractivity contribution in [3.05, 3.63) is 42.1 Å². The van der Waals surface area contributed by atoms with E-state index in [1.807, 2.05) is 30.3 Å². The molecule has 1 aromatic heterocycles. The van der Waals surface area contributed by atoms with Gasteiger partial charge in [0.1, 0.15) is 19.1 Å². The molecular formula is C14H12N2O3. The van der Waals surface area contributed by atoms with Gasteiger partial charge in [0, 0.05) is 11.6 Å². The number of hydrogen-bond donors (Lipinski definition) is 1. The third kappa shape index (κ3) is 2.27. The molecule has 96 valence electrons. The van der Waals surface area contributed by atoms with E-state index in [-0.39, 0.29) is 12.5 Å². The number of carbonyl (C=O) groups is 1. The van der Waals surface area contributed by atoms with E-state index in [9.17, 15) is 4.79 Å². The lowest BCUT2D eigenvalue weighted by Gasteiger charge is -2.08. The average molecular weight is 256 g/mol. The molecule has 1 aromatic carbocycles. The normalized spacial score (nSPS) is 18.1. The van der Waals surface area contributed by atoms with E-state index in [1.165, 1.54) is 0 Å². The summed E-state index contributed by atoms with van der Waals surface area (Å²) < 4.78 is 5.33. The van der Waals surface area contributed by atoms with Crippen LogP contribution in [0, 0.1) is 0 Å². The Morgan fingerprint density at radius 3 is 3.11 bits per heavy atom. The number of carboxylic acids is 1. The fourth-order valence-corrected chi connectivity index (χ4v) is 2.23. The quantitative estimate of drug-likeness (QED) is 0.913. The summed E-state index contributed by atoms with van der Waals surface area (Å²) in [5.41, 5.74) is 1.92. The van der Waals surface area contributed by atoms with Crippen LogP contribution in [-0.2, 0) is 9.53 Å². The second kappa shape index (κ2) is 4.68. The summed E-state index contributed by atoms with van der Waals surface area (Å²) in [6.07, 6.45) is 1.58. The molecule has 3 rings (SSSR count). The van der Waals surface area contributed by atoms with E-state index in [0.29, 0.717) is 12.5 Å². The third-order valence-electron chi connectivity index (χ3n) is 3.05. The third-order valence-corrected chi connectivity index (χ3v) is 3.05. The molecule has 19 heavy (non-hydrogen) atoms. The number of pyridine rings is 1. The van der Waals surface area contributed by atoms with E-state index in [2.05, 4.69) is 9.98 Å². The first-order valence-corrected chi connectivity index (χ1v) is 5.99. The minimum absolute atomic E-state index is 0.151. The lowest BCUT2D eigenvalue weighted by atomic mass is 10.0. The molecule has 1 atom stereocenters. The fourth-order valence-electron chi connectivity index (χ4n) is 2.23. The van der Waals surface area contributed by atoms with Crippen LogP contribution in [0.2, 0.25) is 0 Å². The number of aromatic nitrogens is 1. The molecule has 2 aromatic rings. The van der Waals surface area contributed by atoms with Gasteiger partial charge in [-0.15, -0.1) is 0 Å². The van der Waals surface area contributed by atoms with Gasteiger partial charge in [-0.05, 0) is 17.7 Å². The second-order valence-electron chi connectivity index (χ2n) is 4.34. The molecule has 0 saturated heterocycles. The summed E-state index contributed by atoms with van der Waals surface area (Å²) in [5.74, 6) is -0.641. The summed E-state index contributed by atoms with van der Waals surface area (Å²) in [6.45, 7) is 0.386. The molecule has 0 fully saturated rings. The number of aliphatic imine (C=N–C) groups is 1. The van der Waals surface area contributed by atoms with Crippen molar-refractivity contribution in [3.63, 3.8) is 0 Å². The predicted molar refractivity (Wildman–Crippen MR) is 70.1 cm³/mol. The highest BCUT2D eigenvalue weighted by molar-refractivity contribution is 5.94. The second-order valence-corrected chi connectivity index (χ2v) is 4.34. The van der Waals surface area contributed by atoms with Crippen molar-refractivity contribution in [3.8, 4) is 0 Å². The Bertz CT molecular complexity index is 661. The molecule has 0 aliphatic carbocycles. The van der Waals surface area contributed by atoms with Gasteiger partial charge in [0.2, 0.25) is 0 Å². The summed E-state index contributed by atoms with van der Waals surface area (Å²) in [5, 5.41) is 9.76. The minimum atomic E-state index is -0.931. The topological polar surface area (TPSA) is 71.8 Å². The number of nitrogens with zero attached hydrogens (tertiary/aromatic N) is 2. The standard InChI is InChI=1S/C14H12N2O3/c17-14(18)7-13-16-12(8-19-13)10-3-1-5-11-9(10)4-2-6-15-11/h1-6,12H,7-8H2,(H,17,18). The Morgan fingerprint density at radius 1 is 1.37 bits per heavy atom. The van der Waals surface area contributed by atoms with Gasteiger partial charge in [-0.3, -0.25) is 9.78 Å². The smallest absolute Gasteiger partial charge is 0.312 e. The van der Waals surface area contributed by atoms with Crippen LogP contribution in [-0.4, -0.2) is 28.6 Å². The number of ether oxygens (including phenoxy) is 1. The van der Waals surface area contributed by atoms with Crippen molar-refractivity contribution >= 4 is 22.8 Å². The molecule has 1 aliphatic rings. The summed E-state index contributed by atoms with van der Waals surface area (Å²) in [7, 11) is 0. The van der Waals surface area contributed by atoms with Crippen LogP contribution < -0.4 is 0 Å². The Labute approximate surface area is 109 Å². The van der Waals surface area contributed by atoms with Crippen LogP contribution in [0.4, 0.5) is 0 Å². The molecule has 1 N–H and O–H groups in total. The highest BCUT2D eigenvalue weighted by atomic mass is 16.5. The number of rotatable bonds is 3. The van der Waals surface area contributed by atoms with Gasteiger partial charge in [-0.2, -0.15) is 0 Å². The predicted octanol–water partition coefficient (Wildman–Crippen LogP) is 2.18. The zero-order valence-corrected chi connectivity index (χ0v) is 10.1. The number of aliphatic carboxylic acids is 1. The molecule has 0 spiro atoms. The van der Waals surface area contributed by atoms with E-state index in [1.54, 1.807) is 6.20 Å². The average Bonchev–Trinajstić information content (AvgIpc) is 2.85. The van der Waals surface area contributed by atoms with E-state index in [4.69, 9.17) is 9.84 Å². The SMILES string of the molecule is O=C(O)CC1=NC(c2cccc3ncccc23)CO1. The highest BCUT2D eigenvalue weighted by Gasteiger charge is 2.23. The van der Waals surface area contributed by atoms with Gasteiger partial charge >= 0.3 is 5.97 Å². The molecule has 1 unspecified atom stereocenters. The van der Waals surface area contributed by atoms with Gasteiger partial charge in [-0.25, -0.2) is 4.99 Å². The van der Waals surface area contributed by atoms with Gasteiger partial charge in [0.15, 0.2) is 5.90 Å². The highest BCUT2D eigenvalue weighted by Crippen LogP contribution is 2.29. The molecule has 2 heterocycles. The lowest BCUT2D eigenvalue weighted by molar-refractivity contribution is -0.135. The lowest BCUT2D eigenvalue weighted by Crippen LogP contribution is -2.06. The van der Waals surface area contributed by atoms with Gasteiger partial charge in [-0.1, -0.05) is 18.2 Å². The summed E-state index contributed by atoms with van der Waals surface area (Å²) in [4.78, 5) is 19.3. The van der Waals surface area contributed by atoms with Crippen molar-refractivity contribution in [2.75, 3.05) is 6.61 Å². The maximum Gasteiger partial charge on any atom is 0.312 e. The zero-order chi connectivity index (χ0) is 13.2. The number of fused-ring (bicyclic) bond motifs is 1. The van der Waals surface area contributed by atoms with Gasteiger partial charge < -0.3 is 9.84 Å².